The molecule has 88 valence electrons. The Morgan fingerprint density at radius 3 is 2.53 bits per heavy atom. The van der Waals surface area contributed by atoms with Gasteiger partial charge in [0.25, 0.3) is 5.70 Å². The van der Waals surface area contributed by atoms with E-state index in [0.29, 0.717) is 5.02 Å². The number of hydrogen-bond donors (Lipinski definition) is 0. The van der Waals surface area contributed by atoms with Gasteiger partial charge in [-0.3, -0.25) is 10.1 Å². The highest BCUT2D eigenvalue weighted by atomic mass is 35.5. The van der Waals surface area contributed by atoms with Crippen molar-refractivity contribution < 1.29 is 4.92 Å². The Balaban J connectivity index is 2.80. The van der Waals surface area contributed by atoms with E-state index in [1.807, 2.05) is 12.1 Å². The molecule has 0 aliphatic carbocycles. The van der Waals surface area contributed by atoms with Crippen LogP contribution in [0, 0.1) is 10.1 Å². The number of benzene rings is 1. The van der Waals surface area contributed by atoms with Gasteiger partial charge < -0.3 is 0 Å². The van der Waals surface area contributed by atoms with Crippen molar-refractivity contribution in [3.8, 4) is 0 Å². The molecular weight excluding hydrogens is 238 g/mol. The Morgan fingerprint density at radius 2 is 2.00 bits per heavy atom. The SMILES string of the molecule is C\C=C/C(=C\C=C\c1ccc(Cl)cc1)[N+](=O)[O-]. The van der Waals surface area contributed by atoms with Crippen molar-refractivity contribution in [2.24, 2.45) is 0 Å². The zero-order valence-corrected chi connectivity index (χ0v) is 10.1. The molecule has 0 heterocycles. The summed E-state index contributed by atoms with van der Waals surface area (Å²) < 4.78 is 0. The van der Waals surface area contributed by atoms with Gasteiger partial charge in [0.1, 0.15) is 0 Å². The quantitative estimate of drug-likeness (QED) is 0.458. The second-order valence-corrected chi connectivity index (χ2v) is 3.70. The van der Waals surface area contributed by atoms with E-state index >= 15 is 0 Å². The summed E-state index contributed by atoms with van der Waals surface area (Å²) >= 11 is 5.74. The van der Waals surface area contributed by atoms with Gasteiger partial charge in [0, 0.05) is 17.2 Å². The Labute approximate surface area is 105 Å². The molecule has 0 amide bonds. The van der Waals surface area contributed by atoms with Crippen LogP contribution in [0.4, 0.5) is 0 Å². The maximum absolute atomic E-state index is 10.6. The van der Waals surface area contributed by atoms with Crippen molar-refractivity contribution in [3.63, 3.8) is 0 Å². The van der Waals surface area contributed by atoms with Crippen LogP contribution >= 0.6 is 11.6 Å². The van der Waals surface area contributed by atoms with Crippen LogP contribution in [0.3, 0.4) is 0 Å². The Kier molecular flexibility index (Phi) is 5.17. The predicted octanol–water partition coefficient (Wildman–Crippen LogP) is 4.09. The summed E-state index contributed by atoms with van der Waals surface area (Å²) in [6.07, 6.45) is 7.95. The summed E-state index contributed by atoms with van der Waals surface area (Å²) in [5.74, 6) is 0. The zero-order valence-electron chi connectivity index (χ0n) is 9.34. The van der Waals surface area contributed by atoms with Crippen molar-refractivity contribution in [1.82, 2.24) is 0 Å². The van der Waals surface area contributed by atoms with Gasteiger partial charge >= 0.3 is 0 Å². The predicted molar refractivity (Wildman–Crippen MR) is 70.4 cm³/mol. The molecular formula is C13H12ClNO2. The molecule has 17 heavy (non-hydrogen) atoms. The number of nitro groups is 1. The number of nitrogens with zero attached hydrogens (tertiary/aromatic N) is 1. The summed E-state index contributed by atoms with van der Waals surface area (Å²) in [4.78, 5) is 10.2. The van der Waals surface area contributed by atoms with Gasteiger partial charge in [-0.2, -0.15) is 0 Å². The lowest BCUT2D eigenvalue weighted by atomic mass is 10.2. The van der Waals surface area contributed by atoms with Crippen molar-refractivity contribution in [3.05, 3.63) is 75.0 Å². The molecule has 0 fully saturated rings. The van der Waals surface area contributed by atoms with Crippen LogP contribution in [-0.4, -0.2) is 4.92 Å². The molecule has 0 aliphatic heterocycles. The van der Waals surface area contributed by atoms with Crippen LogP contribution in [0.15, 0.2) is 54.3 Å². The molecule has 0 aromatic heterocycles. The molecule has 0 N–H and O–H groups in total. The lowest BCUT2D eigenvalue weighted by molar-refractivity contribution is -0.419. The van der Waals surface area contributed by atoms with Gasteiger partial charge in [0.2, 0.25) is 0 Å². The minimum Gasteiger partial charge on any atom is -0.258 e. The lowest BCUT2D eigenvalue weighted by Gasteiger charge is -1.92. The maximum Gasteiger partial charge on any atom is 0.269 e. The van der Waals surface area contributed by atoms with Gasteiger partial charge in [-0.05, 0) is 24.6 Å². The smallest absolute Gasteiger partial charge is 0.258 e. The number of allylic oxidation sites excluding steroid dienone is 4. The fraction of sp³-hybridized carbons (Fsp3) is 0.0769. The van der Waals surface area contributed by atoms with Crippen LogP contribution in [0.2, 0.25) is 5.02 Å². The van der Waals surface area contributed by atoms with E-state index in [9.17, 15) is 10.1 Å². The summed E-state index contributed by atoms with van der Waals surface area (Å²) in [5, 5.41) is 11.3. The molecule has 0 aliphatic rings. The first-order valence-electron chi connectivity index (χ1n) is 5.04. The summed E-state index contributed by atoms with van der Waals surface area (Å²) in [6, 6.07) is 7.22. The highest BCUT2D eigenvalue weighted by Crippen LogP contribution is 2.11. The Hall–Kier alpha value is -1.87. The number of halogens is 1. The molecule has 0 saturated heterocycles. The maximum atomic E-state index is 10.6. The normalized spacial score (nSPS) is 12.5. The molecule has 0 radical (unpaired) electrons. The van der Waals surface area contributed by atoms with Gasteiger partial charge in [-0.15, -0.1) is 0 Å². The second-order valence-electron chi connectivity index (χ2n) is 3.26. The van der Waals surface area contributed by atoms with Crippen molar-refractivity contribution in [1.29, 1.82) is 0 Å². The molecule has 0 atom stereocenters. The van der Waals surface area contributed by atoms with Crippen molar-refractivity contribution in [2.45, 2.75) is 6.92 Å². The van der Waals surface area contributed by atoms with Crippen molar-refractivity contribution >= 4 is 17.7 Å². The first-order valence-corrected chi connectivity index (χ1v) is 5.42. The third-order valence-corrected chi connectivity index (χ3v) is 2.23. The molecule has 0 unspecified atom stereocenters. The third kappa shape index (κ3) is 4.66. The van der Waals surface area contributed by atoms with Gasteiger partial charge in [0.15, 0.2) is 0 Å². The Bertz CT molecular complexity index is 473. The molecule has 0 saturated carbocycles. The average Bonchev–Trinajstić information content (AvgIpc) is 2.30. The van der Waals surface area contributed by atoms with Crippen LogP contribution in [0.5, 0.6) is 0 Å². The molecule has 1 aromatic carbocycles. The number of hydrogen-bond acceptors (Lipinski definition) is 2. The van der Waals surface area contributed by atoms with E-state index in [1.54, 1.807) is 37.3 Å². The summed E-state index contributed by atoms with van der Waals surface area (Å²) in [5.41, 5.74) is 0.992. The van der Waals surface area contributed by atoms with Crippen LogP contribution < -0.4 is 0 Å². The largest absolute Gasteiger partial charge is 0.269 e. The van der Waals surface area contributed by atoms with E-state index in [1.165, 1.54) is 12.2 Å². The van der Waals surface area contributed by atoms with Crippen molar-refractivity contribution in [2.75, 3.05) is 0 Å². The lowest BCUT2D eigenvalue weighted by Crippen LogP contribution is -1.93. The third-order valence-electron chi connectivity index (χ3n) is 1.97. The van der Waals surface area contributed by atoms with E-state index in [4.69, 9.17) is 11.6 Å². The van der Waals surface area contributed by atoms with Gasteiger partial charge in [0.05, 0.1) is 4.92 Å². The monoisotopic (exact) mass is 249 g/mol. The molecule has 4 heteroatoms. The standard InChI is InChI=1S/C13H12ClNO2/c1-2-4-13(15(16)17)6-3-5-11-7-9-12(14)10-8-11/h2-10H,1H3/b4-2-,5-3+,13-6+. The molecule has 0 spiro atoms. The summed E-state index contributed by atoms with van der Waals surface area (Å²) in [6.45, 7) is 1.74. The first kappa shape index (κ1) is 13.2. The average molecular weight is 250 g/mol. The highest BCUT2D eigenvalue weighted by molar-refractivity contribution is 6.30. The van der Waals surface area contributed by atoms with E-state index in [-0.39, 0.29) is 5.70 Å². The minimum absolute atomic E-state index is 0.0534. The molecule has 1 aromatic rings. The van der Waals surface area contributed by atoms with Gasteiger partial charge in [-0.25, -0.2) is 0 Å². The zero-order chi connectivity index (χ0) is 12.7. The van der Waals surface area contributed by atoms with Gasteiger partial charge in [-0.1, -0.05) is 42.0 Å². The first-order chi connectivity index (χ1) is 8.13. The fourth-order valence-corrected chi connectivity index (χ4v) is 1.31. The molecule has 0 bridgehead atoms. The number of rotatable bonds is 4. The van der Waals surface area contributed by atoms with E-state index in [2.05, 4.69) is 0 Å². The summed E-state index contributed by atoms with van der Waals surface area (Å²) in [7, 11) is 0. The fourth-order valence-electron chi connectivity index (χ4n) is 1.18. The van der Waals surface area contributed by atoms with Crippen LogP contribution in [0.1, 0.15) is 12.5 Å². The van der Waals surface area contributed by atoms with E-state index < -0.39 is 4.92 Å². The second kappa shape index (κ2) is 6.66. The minimum atomic E-state index is -0.424. The molecule has 3 nitrogen and oxygen atoms in total. The van der Waals surface area contributed by atoms with Crippen LogP contribution in [0.25, 0.3) is 6.08 Å². The molecule has 1 rings (SSSR count). The highest BCUT2D eigenvalue weighted by Gasteiger charge is 2.01. The topological polar surface area (TPSA) is 43.1 Å². The Morgan fingerprint density at radius 1 is 1.35 bits per heavy atom. The van der Waals surface area contributed by atoms with E-state index in [0.717, 1.165) is 5.56 Å². The van der Waals surface area contributed by atoms with Crippen LogP contribution in [-0.2, 0) is 0 Å².